The first-order chi connectivity index (χ1) is 8.67. The molecule has 0 aromatic carbocycles. The van der Waals surface area contributed by atoms with Crippen molar-refractivity contribution in [2.45, 2.75) is 39.2 Å². The van der Waals surface area contributed by atoms with E-state index in [2.05, 4.69) is 43.5 Å². The molecule has 102 valence electrons. The largest absolute Gasteiger partial charge is 0.393 e. The molecule has 1 rings (SSSR count). The SMILES string of the molecule is CCCNc1ncc(Br)c(NCCC(O)CC)n1. The molecule has 0 fully saturated rings. The lowest BCUT2D eigenvalue weighted by molar-refractivity contribution is 0.164. The first kappa shape index (κ1) is 15.2. The van der Waals surface area contributed by atoms with Crippen LogP contribution in [0.5, 0.6) is 0 Å². The van der Waals surface area contributed by atoms with E-state index in [1.807, 2.05) is 6.92 Å². The Kier molecular flexibility index (Phi) is 6.97. The number of anilines is 2. The molecule has 3 N–H and O–H groups in total. The molecule has 0 bridgehead atoms. The second-order valence-electron chi connectivity index (χ2n) is 4.09. The van der Waals surface area contributed by atoms with Gasteiger partial charge in [-0.25, -0.2) is 4.98 Å². The lowest BCUT2D eigenvalue weighted by Crippen LogP contribution is -2.14. The molecule has 1 aromatic rings. The highest BCUT2D eigenvalue weighted by Crippen LogP contribution is 2.20. The van der Waals surface area contributed by atoms with Gasteiger partial charge in [0.2, 0.25) is 5.95 Å². The summed E-state index contributed by atoms with van der Waals surface area (Å²) in [6.45, 7) is 5.61. The van der Waals surface area contributed by atoms with Gasteiger partial charge in [-0.1, -0.05) is 13.8 Å². The van der Waals surface area contributed by atoms with Crippen molar-refractivity contribution in [3.05, 3.63) is 10.7 Å². The van der Waals surface area contributed by atoms with Gasteiger partial charge in [-0.3, -0.25) is 0 Å². The van der Waals surface area contributed by atoms with Crippen molar-refractivity contribution in [1.82, 2.24) is 9.97 Å². The molecule has 0 saturated carbocycles. The second kappa shape index (κ2) is 8.26. The van der Waals surface area contributed by atoms with E-state index in [-0.39, 0.29) is 6.10 Å². The molecule has 1 unspecified atom stereocenters. The van der Waals surface area contributed by atoms with Gasteiger partial charge in [-0.2, -0.15) is 4.98 Å². The maximum absolute atomic E-state index is 9.48. The molecule has 0 amide bonds. The third-order valence-corrected chi connectivity index (χ3v) is 3.10. The summed E-state index contributed by atoms with van der Waals surface area (Å²) >= 11 is 3.41. The number of hydrogen-bond donors (Lipinski definition) is 3. The number of nitrogens with zero attached hydrogens (tertiary/aromatic N) is 2. The molecule has 0 aliphatic rings. The molecule has 1 aromatic heterocycles. The highest BCUT2D eigenvalue weighted by atomic mass is 79.9. The maximum atomic E-state index is 9.48. The summed E-state index contributed by atoms with van der Waals surface area (Å²) in [5, 5.41) is 15.8. The van der Waals surface area contributed by atoms with E-state index in [1.54, 1.807) is 6.20 Å². The molecule has 1 atom stereocenters. The molecule has 6 heteroatoms. The lowest BCUT2D eigenvalue weighted by Gasteiger charge is -2.11. The van der Waals surface area contributed by atoms with E-state index < -0.39 is 0 Å². The first-order valence-corrected chi connectivity index (χ1v) is 7.15. The molecule has 0 saturated heterocycles. The first-order valence-electron chi connectivity index (χ1n) is 6.35. The molecule has 0 radical (unpaired) electrons. The number of aliphatic hydroxyl groups is 1. The van der Waals surface area contributed by atoms with Gasteiger partial charge in [-0.15, -0.1) is 0 Å². The van der Waals surface area contributed by atoms with Crippen molar-refractivity contribution >= 4 is 27.7 Å². The molecule has 5 nitrogen and oxygen atoms in total. The standard InChI is InChI=1S/C12H21BrN4O/c1-3-6-15-12-16-8-10(13)11(17-12)14-7-5-9(18)4-2/h8-9,18H,3-7H2,1-2H3,(H2,14,15,16,17). The number of aliphatic hydroxyl groups excluding tert-OH is 1. The second-order valence-corrected chi connectivity index (χ2v) is 4.95. The fraction of sp³-hybridized carbons (Fsp3) is 0.667. The molecule has 0 aliphatic carbocycles. The third-order valence-electron chi connectivity index (χ3n) is 2.52. The molecular weight excluding hydrogens is 296 g/mol. The van der Waals surface area contributed by atoms with E-state index in [9.17, 15) is 5.11 Å². The van der Waals surface area contributed by atoms with Crippen LogP contribution in [0.2, 0.25) is 0 Å². The minimum absolute atomic E-state index is 0.254. The van der Waals surface area contributed by atoms with Crippen LogP contribution in [0, 0.1) is 0 Å². The number of halogens is 1. The van der Waals surface area contributed by atoms with Gasteiger partial charge >= 0.3 is 0 Å². The zero-order valence-corrected chi connectivity index (χ0v) is 12.5. The van der Waals surface area contributed by atoms with Crippen molar-refractivity contribution in [1.29, 1.82) is 0 Å². The Morgan fingerprint density at radius 3 is 2.78 bits per heavy atom. The monoisotopic (exact) mass is 316 g/mol. The van der Waals surface area contributed by atoms with E-state index in [0.717, 1.165) is 29.7 Å². The topological polar surface area (TPSA) is 70.1 Å². The Labute approximate surface area is 117 Å². The van der Waals surface area contributed by atoms with E-state index in [1.165, 1.54) is 0 Å². The summed E-state index contributed by atoms with van der Waals surface area (Å²) < 4.78 is 0.829. The maximum Gasteiger partial charge on any atom is 0.224 e. The average Bonchev–Trinajstić information content (AvgIpc) is 2.39. The fourth-order valence-electron chi connectivity index (χ4n) is 1.37. The Morgan fingerprint density at radius 2 is 2.11 bits per heavy atom. The number of hydrogen-bond acceptors (Lipinski definition) is 5. The lowest BCUT2D eigenvalue weighted by atomic mass is 10.2. The van der Waals surface area contributed by atoms with Crippen molar-refractivity contribution in [2.75, 3.05) is 23.7 Å². The van der Waals surface area contributed by atoms with Crippen LogP contribution in [0.3, 0.4) is 0 Å². The van der Waals surface area contributed by atoms with Crippen molar-refractivity contribution in [2.24, 2.45) is 0 Å². The smallest absolute Gasteiger partial charge is 0.224 e. The van der Waals surface area contributed by atoms with Gasteiger partial charge in [0.1, 0.15) is 5.82 Å². The molecule has 1 heterocycles. The third kappa shape index (κ3) is 5.18. The number of nitrogens with one attached hydrogen (secondary N) is 2. The number of rotatable bonds is 8. The predicted molar refractivity (Wildman–Crippen MR) is 77.9 cm³/mol. The summed E-state index contributed by atoms with van der Waals surface area (Å²) in [5.41, 5.74) is 0. The van der Waals surface area contributed by atoms with Crippen LogP contribution in [0.1, 0.15) is 33.1 Å². The van der Waals surface area contributed by atoms with E-state index in [0.29, 0.717) is 18.9 Å². The predicted octanol–water partition coefficient (Wildman–Crippen LogP) is 2.63. The fourth-order valence-corrected chi connectivity index (χ4v) is 1.71. The van der Waals surface area contributed by atoms with Gasteiger partial charge in [0.15, 0.2) is 0 Å². The van der Waals surface area contributed by atoms with Crippen LogP contribution in [-0.2, 0) is 0 Å². The highest BCUT2D eigenvalue weighted by molar-refractivity contribution is 9.10. The van der Waals surface area contributed by atoms with Gasteiger partial charge in [0.25, 0.3) is 0 Å². The van der Waals surface area contributed by atoms with Gasteiger partial charge in [0.05, 0.1) is 10.6 Å². The minimum Gasteiger partial charge on any atom is -0.393 e. The summed E-state index contributed by atoms with van der Waals surface area (Å²) in [6, 6.07) is 0. The van der Waals surface area contributed by atoms with Crippen LogP contribution in [-0.4, -0.2) is 34.3 Å². The summed E-state index contributed by atoms with van der Waals surface area (Å²) in [5.74, 6) is 1.38. The van der Waals surface area contributed by atoms with Crippen LogP contribution in [0.15, 0.2) is 10.7 Å². The Bertz CT molecular complexity index is 362. The molecule has 0 aliphatic heterocycles. The molecular formula is C12H21BrN4O. The van der Waals surface area contributed by atoms with E-state index >= 15 is 0 Å². The Balaban J connectivity index is 2.52. The number of aromatic nitrogens is 2. The van der Waals surface area contributed by atoms with Crippen molar-refractivity contribution in [3.8, 4) is 0 Å². The summed E-state index contributed by atoms with van der Waals surface area (Å²) in [6.07, 6.45) is 3.99. The van der Waals surface area contributed by atoms with Gasteiger partial charge < -0.3 is 15.7 Å². The zero-order chi connectivity index (χ0) is 13.4. The van der Waals surface area contributed by atoms with Crippen LogP contribution >= 0.6 is 15.9 Å². The minimum atomic E-state index is -0.254. The van der Waals surface area contributed by atoms with Crippen molar-refractivity contribution < 1.29 is 5.11 Å². The Hall–Kier alpha value is -0.880. The average molecular weight is 317 g/mol. The zero-order valence-electron chi connectivity index (χ0n) is 10.9. The van der Waals surface area contributed by atoms with Gasteiger partial charge in [-0.05, 0) is 35.2 Å². The quantitative estimate of drug-likeness (QED) is 0.687. The van der Waals surface area contributed by atoms with Crippen LogP contribution in [0.25, 0.3) is 0 Å². The molecule has 0 spiro atoms. The summed E-state index contributed by atoms with van der Waals surface area (Å²) in [4.78, 5) is 8.55. The normalized spacial score (nSPS) is 12.2. The van der Waals surface area contributed by atoms with Crippen LogP contribution < -0.4 is 10.6 Å². The van der Waals surface area contributed by atoms with Crippen molar-refractivity contribution in [3.63, 3.8) is 0 Å². The van der Waals surface area contributed by atoms with E-state index in [4.69, 9.17) is 0 Å². The summed E-state index contributed by atoms with van der Waals surface area (Å²) in [7, 11) is 0. The van der Waals surface area contributed by atoms with Gasteiger partial charge in [0, 0.05) is 19.3 Å². The highest BCUT2D eigenvalue weighted by Gasteiger charge is 2.05. The molecule has 18 heavy (non-hydrogen) atoms. The van der Waals surface area contributed by atoms with Crippen LogP contribution in [0.4, 0.5) is 11.8 Å². The Morgan fingerprint density at radius 1 is 1.33 bits per heavy atom.